The van der Waals surface area contributed by atoms with Crippen molar-refractivity contribution in [3.63, 3.8) is 0 Å². The normalized spacial score (nSPS) is 11.6. The quantitative estimate of drug-likeness (QED) is 0.196. The van der Waals surface area contributed by atoms with Gasteiger partial charge in [-0.15, -0.1) is 0 Å². The van der Waals surface area contributed by atoms with Gasteiger partial charge in [0.2, 0.25) is 0 Å². The van der Waals surface area contributed by atoms with Crippen LogP contribution >= 0.6 is 0 Å². The summed E-state index contributed by atoms with van der Waals surface area (Å²) < 4.78 is 0. The molecule has 8 heteroatoms. The van der Waals surface area contributed by atoms with Crippen molar-refractivity contribution in [2.75, 3.05) is 45.8 Å². The monoisotopic (exact) mass is 292 g/mol. The second kappa shape index (κ2) is 18.2. The topological polar surface area (TPSA) is 165 Å². The van der Waals surface area contributed by atoms with Gasteiger partial charge < -0.3 is 38.7 Å². The standard InChI is InChI=1S/C6H18N4.C6H14N2O2/c7-1-3-9-5-6-10-4-2-8;7-4-2-1-3-5(8)6(9)10/h9-10H,1-8H2;5H,1-4,7-8H2,(H,9,10)/t;5-/m.0/s1. The van der Waals surface area contributed by atoms with E-state index in [1.807, 2.05) is 0 Å². The molecule has 0 saturated heterocycles. The SMILES string of the molecule is NCCCC[C@H](N)C(=O)O.NCCNCCNCCN. The van der Waals surface area contributed by atoms with Crippen LogP contribution in [0.15, 0.2) is 0 Å². The minimum absolute atomic E-state index is 0.520. The van der Waals surface area contributed by atoms with Gasteiger partial charge in [0.15, 0.2) is 0 Å². The summed E-state index contributed by atoms with van der Waals surface area (Å²) in [6, 6.07) is -0.716. The Morgan fingerprint density at radius 3 is 1.75 bits per heavy atom. The van der Waals surface area contributed by atoms with Crippen molar-refractivity contribution >= 4 is 5.97 Å². The minimum atomic E-state index is -0.933. The Bertz CT molecular complexity index is 198. The van der Waals surface area contributed by atoms with E-state index in [-0.39, 0.29) is 0 Å². The summed E-state index contributed by atoms with van der Waals surface area (Å²) in [4.78, 5) is 10.1. The Hall–Kier alpha value is -0.770. The molecular formula is C12H32N6O2. The van der Waals surface area contributed by atoms with Crippen LogP contribution in [-0.2, 0) is 4.79 Å². The van der Waals surface area contributed by atoms with Gasteiger partial charge in [-0.2, -0.15) is 0 Å². The lowest BCUT2D eigenvalue weighted by Crippen LogP contribution is -2.32. The Labute approximate surface area is 121 Å². The number of nitrogens with two attached hydrogens (primary N) is 4. The Morgan fingerprint density at radius 1 is 0.900 bits per heavy atom. The van der Waals surface area contributed by atoms with E-state index >= 15 is 0 Å². The number of carboxylic acid groups (broad SMARTS) is 1. The maximum Gasteiger partial charge on any atom is 0.320 e. The van der Waals surface area contributed by atoms with Gasteiger partial charge in [0, 0.05) is 39.3 Å². The summed E-state index contributed by atoms with van der Waals surface area (Å²) in [6.07, 6.45) is 2.16. The molecule has 0 fully saturated rings. The molecule has 11 N–H and O–H groups in total. The molecule has 0 aromatic rings. The van der Waals surface area contributed by atoms with Crippen LogP contribution in [0.25, 0.3) is 0 Å². The van der Waals surface area contributed by atoms with E-state index in [0.29, 0.717) is 26.1 Å². The maximum atomic E-state index is 10.1. The summed E-state index contributed by atoms with van der Waals surface area (Å²) in [6.45, 7) is 5.74. The van der Waals surface area contributed by atoms with Crippen LogP contribution in [0.4, 0.5) is 0 Å². The van der Waals surface area contributed by atoms with Gasteiger partial charge in [-0.25, -0.2) is 0 Å². The summed E-state index contributed by atoms with van der Waals surface area (Å²) in [5.41, 5.74) is 21.0. The first-order valence-electron chi connectivity index (χ1n) is 7.10. The lowest BCUT2D eigenvalue weighted by atomic mass is 10.1. The van der Waals surface area contributed by atoms with Crippen LogP contribution in [0.5, 0.6) is 0 Å². The van der Waals surface area contributed by atoms with Gasteiger partial charge >= 0.3 is 5.97 Å². The first-order valence-corrected chi connectivity index (χ1v) is 7.10. The zero-order valence-corrected chi connectivity index (χ0v) is 12.3. The molecule has 20 heavy (non-hydrogen) atoms. The molecule has 0 radical (unpaired) electrons. The van der Waals surface area contributed by atoms with Crippen LogP contribution in [0.2, 0.25) is 0 Å². The van der Waals surface area contributed by atoms with Crippen molar-refractivity contribution in [3.05, 3.63) is 0 Å². The molecule has 0 aromatic carbocycles. The first-order chi connectivity index (χ1) is 9.59. The van der Waals surface area contributed by atoms with E-state index < -0.39 is 12.0 Å². The molecule has 1 atom stereocenters. The fourth-order valence-electron chi connectivity index (χ4n) is 1.26. The number of carbonyl (C=O) groups is 1. The predicted octanol–water partition coefficient (Wildman–Crippen LogP) is -2.39. The molecule has 0 rings (SSSR count). The van der Waals surface area contributed by atoms with Crippen LogP contribution < -0.4 is 33.6 Å². The summed E-state index contributed by atoms with van der Waals surface area (Å²) >= 11 is 0. The maximum absolute atomic E-state index is 10.1. The smallest absolute Gasteiger partial charge is 0.320 e. The van der Waals surface area contributed by atoms with Crippen LogP contribution in [0.3, 0.4) is 0 Å². The highest BCUT2D eigenvalue weighted by Crippen LogP contribution is 1.96. The second-order valence-corrected chi connectivity index (χ2v) is 4.31. The largest absolute Gasteiger partial charge is 0.480 e. The minimum Gasteiger partial charge on any atom is -0.480 e. The molecule has 0 aliphatic rings. The number of aliphatic carboxylic acids is 1. The average molecular weight is 292 g/mol. The highest BCUT2D eigenvalue weighted by atomic mass is 16.4. The Balaban J connectivity index is 0. The van der Waals surface area contributed by atoms with Gasteiger partial charge in [0.25, 0.3) is 0 Å². The Kier molecular flexibility index (Phi) is 19.6. The number of hydrogen-bond acceptors (Lipinski definition) is 7. The fourth-order valence-corrected chi connectivity index (χ4v) is 1.26. The van der Waals surface area contributed by atoms with Gasteiger partial charge in [-0.3, -0.25) is 4.79 Å². The van der Waals surface area contributed by atoms with Crippen molar-refractivity contribution in [1.29, 1.82) is 0 Å². The molecule has 0 aliphatic carbocycles. The van der Waals surface area contributed by atoms with E-state index in [2.05, 4.69) is 10.6 Å². The fraction of sp³-hybridized carbons (Fsp3) is 0.917. The third-order valence-corrected chi connectivity index (χ3v) is 2.41. The molecule has 0 saturated carbocycles. The number of nitrogens with one attached hydrogen (secondary N) is 2. The van der Waals surface area contributed by atoms with Crippen molar-refractivity contribution in [1.82, 2.24) is 10.6 Å². The molecular weight excluding hydrogens is 260 g/mol. The third kappa shape index (κ3) is 19.6. The molecule has 0 heterocycles. The lowest BCUT2D eigenvalue weighted by Gasteiger charge is -2.03. The van der Waals surface area contributed by atoms with Crippen LogP contribution in [0, 0.1) is 0 Å². The zero-order chi connectivity index (χ0) is 15.6. The number of rotatable bonds is 12. The summed E-state index contributed by atoms with van der Waals surface area (Å²) in [5, 5.41) is 14.7. The van der Waals surface area contributed by atoms with Crippen molar-refractivity contribution in [3.8, 4) is 0 Å². The molecule has 122 valence electrons. The molecule has 0 unspecified atom stereocenters. The number of hydrogen-bond donors (Lipinski definition) is 7. The lowest BCUT2D eigenvalue weighted by molar-refractivity contribution is -0.138. The van der Waals surface area contributed by atoms with E-state index in [1.165, 1.54) is 0 Å². The predicted molar refractivity (Wildman–Crippen MR) is 82.4 cm³/mol. The number of carboxylic acids is 1. The van der Waals surface area contributed by atoms with E-state index in [0.717, 1.165) is 39.0 Å². The highest BCUT2D eigenvalue weighted by molar-refractivity contribution is 5.72. The highest BCUT2D eigenvalue weighted by Gasteiger charge is 2.09. The molecule has 8 nitrogen and oxygen atoms in total. The van der Waals surface area contributed by atoms with Crippen LogP contribution in [-0.4, -0.2) is 62.9 Å². The number of unbranched alkanes of at least 4 members (excludes halogenated alkanes) is 1. The second-order valence-electron chi connectivity index (χ2n) is 4.31. The van der Waals surface area contributed by atoms with Gasteiger partial charge in [0.05, 0.1) is 0 Å². The molecule has 0 aliphatic heterocycles. The van der Waals surface area contributed by atoms with Crippen molar-refractivity contribution in [2.45, 2.75) is 25.3 Å². The zero-order valence-electron chi connectivity index (χ0n) is 12.3. The molecule has 0 spiro atoms. The average Bonchev–Trinajstić information content (AvgIpc) is 2.43. The van der Waals surface area contributed by atoms with E-state index in [4.69, 9.17) is 28.0 Å². The molecule has 0 bridgehead atoms. The Morgan fingerprint density at radius 2 is 1.40 bits per heavy atom. The first kappa shape index (κ1) is 21.5. The third-order valence-electron chi connectivity index (χ3n) is 2.41. The molecule has 0 amide bonds. The summed E-state index contributed by atoms with van der Waals surface area (Å²) in [7, 11) is 0. The summed E-state index contributed by atoms with van der Waals surface area (Å²) in [5.74, 6) is -0.933. The van der Waals surface area contributed by atoms with E-state index in [1.54, 1.807) is 0 Å². The van der Waals surface area contributed by atoms with E-state index in [9.17, 15) is 4.79 Å². The molecule has 0 aromatic heterocycles. The van der Waals surface area contributed by atoms with Gasteiger partial charge in [-0.05, 0) is 19.4 Å². The van der Waals surface area contributed by atoms with Gasteiger partial charge in [0.1, 0.15) is 6.04 Å². The van der Waals surface area contributed by atoms with Gasteiger partial charge in [-0.1, -0.05) is 6.42 Å². The van der Waals surface area contributed by atoms with Crippen molar-refractivity contribution < 1.29 is 9.90 Å². The van der Waals surface area contributed by atoms with Crippen molar-refractivity contribution in [2.24, 2.45) is 22.9 Å². The van der Waals surface area contributed by atoms with Crippen LogP contribution in [0.1, 0.15) is 19.3 Å².